The van der Waals surface area contributed by atoms with E-state index in [4.69, 9.17) is 0 Å². The van der Waals surface area contributed by atoms with E-state index in [9.17, 15) is 14.7 Å². The second kappa shape index (κ2) is 6.24. The van der Waals surface area contributed by atoms with Gasteiger partial charge < -0.3 is 14.9 Å². The van der Waals surface area contributed by atoms with Gasteiger partial charge in [-0.3, -0.25) is 9.59 Å². The highest BCUT2D eigenvalue weighted by Gasteiger charge is 2.45. The van der Waals surface area contributed by atoms with E-state index in [1.165, 1.54) is 12.1 Å². The summed E-state index contributed by atoms with van der Waals surface area (Å²) in [6.07, 6.45) is 0.813. The predicted molar refractivity (Wildman–Crippen MR) is 93.4 cm³/mol. The highest BCUT2D eigenvalue weighted by atomic mass is 16.3. The zero-order valence-corrected chi connectivity index (χ0v) is 13.8. The molecule has 0 spiro atoms. The summed E-state index contributed by atoms with van der Waals surface area (Å²) < 4.78 is 0. The van der Waals surface area contributed by atoms with Crippen molar-refractivity contribution in [2.24, 2.45) is 5.92 Å². The molecule has 0 unspecified atom stereocenters. The molecule has 0 aliphatic carbocycles. The summed E-state index contributed by atoms with van der Waals surface area (Å²) in [5.41, 5.74) is 1.32. The number of phenolic OH excluding ortho intramolecular Hbond substituents is 1. The minimum Gasteiger partial charge on any atom is -0.508 e. The van der Waals surface area contributed by atoms with Gasteiger partial charge >= 0.3 is 0 Å². The molecule has 1 N–H and O–H groups in total. The first-order valence-electron chi connectivity index (χ1n) is 8.58. The van der Waals surface area contributed by atoms with Crippen LogP contribution in [0.3, 0.4) is 0 Å². The maximum absolute atomic E-state index is 12.6. The number of nitrogens with zero attached hydrogens (tertiary/aromatic N) is 2. The van der Waals surface area contributed by atoms with Crippen molar-refractivity contribution < 1.29 is 14.7 Å². The minimum atomic E-state index is 0.00378. The Morgan fingerprint density at radius 3 is 2.24 bits per heavy atom. The average molecular weight is 336 g/mol. The Hall–Kier alpha value is -2.82. The van der Waals surface area contributed by atoms with E-state index < -0.39 is 0 Å². The molecule has 2 aromatic rings. The van der Waals surface area contributed by atoms with Crippen LogP contribution in [-0.4, -0.2) is 52.4 Å². The third-order valence-corrected chi connectivity index (χ3v) is 5.21. The number of amides is 2. The molecule has 5 heteroatoms. The molecule has 2 atom stereocenters. The Kier molecular flexibility index (Phi) is 3.92. The van der Waals surface area contributed by atoms with Crippen LogP contribution in [0.5, 0.6) is 5.75 Å². The lowest BCUT2D eigenvalue weighted by molar-refractivity contribution is -0.0225. The standard InChI is InChI=1S/C20H20N2O3/c23-17-8-6-15(7-9-17)20(25)22-13-16-12-21(11-10-18(16)22)19(24)14-4-2-1-3-5-14/h1-9,16,18,23H,10-13H2/t16-,18-/m1/s1. The molecule has 5 nitrogen and oxygen atoms in total. The smallest absolute Gasteiger partial charge is 0.254 e. The van der Waals surface area contributed by atoms with Gasteiger partial charge in [-0.1, -0.05) is 18.2 Å². The number of benzene rings is 2. The van der Waals surface area contributed by atoms with Crippen molar-refractivity contribution in [3.8, 4) is 5.75 Å². The van der Waals surface area contributed by atoms with E-state index in [1.807, 2.05) is 40.1 Å². The van der Waals surface area contributed by atoms with E-state index in [1.54, 1.807) is 12.1 Å². The Labute approximate surface area is 146 Å². The Morgan fingerprint density at radius 2 is 1.56 bits per heavy atom. The topological polar surface area (TPSA) is 60.9 Å². The third-order valence-electron chi connectivity index (χ3n) is 5.21. The normalized spacial score (nSPS) is 22.1. The number of aromatic hydroxyl groups is 1. The summed E-state index contributed by atoms with van der Waals surface area (Å²) in [6, 6.07) is 15.9. The highest BCUT2D eigenvalue weighted by Crippen LogP contribution is 2.34. The number of hydrogen-bond donors (Lipinski definition) is 1. The molecule has 25 heavy (non-hydrogen) atoms. The van der Waals surface area contributed by atoms with Gasteiger partial charge in [-0.05, 0) is 42.8 Å². The van der Waals surface area contributed by atoms with Gasteiger partial charge in [0.2, 0.25) is 0 Å². The van der Waals surface area contributed by atoms with E-state index >= 15 is 0 Å². The summed E-state index contributed by atoms with van der Waals surface area (Å²) in [5.74, 6) is 0.583. The number of likely N-dealkylation sites (tertiary alicyclic amines) is 2. The molecule has 0 bridgehead atoms. The van der Waals surface area contributed by atoms with Crippen molar-refractivity contribution in [1.29, 1.82) is 0 Å². The van der Waals surface area contributed by atoms with Crippen LogP contribution in [0.1, 0.15) is 27.1 Å². The molecule has 0 radical (unpaired) electrons. The van der Waals surface area contributed by atoms with Crippen LogP contribution in [0, 0.1) is 5.92 Å². The van der Waals surface area contributed by atoms with Crippen LogP contribution in [-0.2, 0) is 0 Å². The van der Waals surface area contributed by atoms with E-state index in [0.717, 1.165) is 12.0 Å². The number of piperidine rings is 1. The van der Waals surface area contributed by atoms with Crippen molar-refractivity contribution in [3.63, 3.8) is 0 Å². The molecule has 2 aliphatic rings. The van der Waals surface area contributed by atoms with Gasteiger partial charge in [0.1, 0.15) is 5.75 Å². The van der Waals surface area contributed by atoms with Crippen LogP contribution >= 0.6 is 0 Å². The average Bonchev–Trinajstić information content (AvgIpc) is 2.63. The fourth-order valence-corrected chi connectivity index (χ4v) is 3.81. The second-order valence-electron chi connectivity index (χ2n) is 6.74. The first-order valence-corrected chi connectivity index (χ1v) is 8.58. The summed E-state index contributed by atoms with van der Waals surface area (Å²) in [4.78, 5) is 29.0. The number of carbonyl (C=O) groups excluding carboxylic acids is 2. The zero-order chi connectivity index (χ0) is 17.4. The first-order chi connectivity index (χ1) is 12.1. The maximum atomic E-state index is 12.6. The van der Waals surface area contributed by atoms with Crippen LogP contribution in [0.2, 0.25) is 0 Å². The van der Waals surface area contributed by atoms with Crippen LogP contribution in [0.4, 0.5) is 0 Å². The predicted octanol–water partition coefficient (Wildman–Crippen LogP) is 2.38. The number of hydrogen-bond acceptors (Lipinski definition) is 3. The largest absolute Gasteiger partial charge is 0.508 e. The maximum Gasteiger partial charge on any atom is 0.254 e. The SMILES string of the molecule is O=C(c1ccccc1)N1CC[C@@H]2[C@H](C1)CN2C(=O)c1ccc(O)cc1. The molecule has 4 rings (SSSR count). The van der Waals surface area contributed by atoms with Crippen LogP contribution in [0.25, 0.3) is 0 Å². The zero-order valence-electron chi connectivity index (χ0n) is 13.8. The molecule has 2 aromatic carbocycles. The minimum absolute atomic E-state index is 0.00378. The van der Waals surface area contributed by atoms with Gasteiger partial charge in [0.25, 0.3) is 11.8 Å². The molecule has 0 aromatic heterocycles. The van der Waals surface area contributed by atoms with Crippen molar-refractivity contribution in [1.82, 2.24) is 9.80 Å². The van der Waals surface area contributed by atoms with Crippen LogP contribution in [0.15, 0.2) is 54.6 Å². The van der Waals surface area contributed by atoms with E-state index in [2.05, 4.69) is 0 Å². The summed E-state index contributed by atoms with van der Waals surface area (Å²) in [5, 5.41) is 9.35. The summed E-state index contributed by atoms with van der Waals surface area (Å²) >= 11 is 0. The molecule has 2 fully saturated rings. The Balaban J connectivity index is 1.39. The lowest BCUT2D eigenvalue weighted by atomic mass is 9.82. The molecule has 0 saturated carbocycles. The van der Waals surface area contributed by atoms with Crippen molar-refractivity contribution in [2.45, 2.75) is 12.5 Å². The molecular weight excluding hydrogens is 316 g/mol. The molecule has 2 amide bonds. The monoisotopic (exact) mass is 336 g/mol. The number of fused-ring (bicyclic) bond motifs is 1. The summed E-state index contributed by atoms with van der Waals surface area (Å²) in [7, 11) is 0. The number of rotatable bonds is 2. The quantitative estimate of drug-likeness (QED) is 0.916. The fraction of sp³-hybridized carbons (Fsp3) is 0.300. The van der Waals surface area contributed by atoms with Crippen molar-refractivity contribution >= 4 is 11.8 Å². The lowest BCUT2D eigenvalue weighted by Gasteiger charge is -2.53. The third kappa shape index (κ3) is 2.86. The van der Waals surface area contributed by atoms with E-state index in [-0.39, 0.29) is 23.6 Å². The second-order valence-corrected chi connectivity index (χ2v) is 6.74. The van der Waals surface area contributed by atoms with E-state index in [0.29, 0.717) is 31.1 Å². The molecule has 2 heterocycles. The Bertz CT molecular complexity index is 788. The molecular formula is C20H20N2O3. The Morgan fingerprint density at radius 1 is 0.880 bits per heavy atom. The van der Waals surface area contributed by atoms with Gasteiger partial charge in [0.05, 0.1) is 0 Å². The van der Waals surface area contributed by atoms with Gasteiger partial charge in [-0.25, -0.2) is 0 Å². The first kappa shape index (κ1) is 15.7. The van der Waals surface area contributed by atoms with Gasteiger partial charge in [0, 0.05) is 42.7 Å². The van der Waals surface area contributed by atoms with Crippen molar-refractivity contribution in [3.05, 3.63) is 65.7 Å². The number of phenols is 1. The van der Waals surface area contributed by atoms with Gasteiger partial charge in [-0.2, -0.15) is 0 Å². The lowest BCUT2D eigenvalue weighted by Crippen LogP contribution is -2.65. The molecule has 2 aliphatic heterocycles. The van der Waals surface area contributed by atoms with Crippen molar-refractivity contribution in [2.75, 3.05) is 19.6 Å². The molecule has 2 saturated heterocycles. The molecule has 128 valence electrons. The number of carbonyl (C=O) groups is 2. The van der Waals surface area contributed by atoms with Gasteiger partial charge in [0.15, 0.2) is 0 Å². The summed E-state index contributed by atoms with van der Waals surface area (Å²) in [6.45, 7) is 2.06. The van der Waals surface area contributed by atoms with Gasteiger partial charge in [-0.15, -0.1) is 0 Å². The highest BCUT2D eigenvalue weighted by molar-refractivity contribution is 5.96. The van der Waals surface area contributed by atoms with Crippen LogP contribution < -0.4 is 0 Å². The fourth-order valence-electron chi connectivity index (χ4n) is 3.81.